The minimum absolute atomic E-state index is 0.0881. The molecule has 9 heteroatoms. The Kier molecular flexibility index (Phi) is 7.47. The molecule has 0 unspecified atom stereocenters. The first-order valence-electron chi connectivity index (χ1n) is 14.2. The first kappa shape index (κ1) is 28.0. The van der Waals surface area contributed by atoms with Gasteiger partial charge in [-0.1, -0.05) is 29.3 Å². The van der Waals surface area contributed by atoms with Crippen LogP contribution < -0.4 is 15.1 Å². The number of aromatic nitrogens is 1. The van der Waals surface area contributed by atoms with Crippen molar-refractivity contribution < 1.29 is 14.7 Å². The normalized spacial score (nSPS) is 22.0. The zero-order chi connectivity index (χ0) is 28.9. The van der Waals surface area contributed by atoms with Crippen LogP contribution in [0.1, 0.15) is 45.2 Å². The van der Waals surface area contributed by atoms with E-state index in [1.54, 1.807) is 11.1 Å². The number of carbonyl (C=O) groups is 2. The minimum atomic E-state index is -0.894. The lowest BCUT2D eigenvalue weighted by Gasteiger charge is -2.42. The van der Waals surface area contributed by atoms with E-state index in [1.165, 1.54) is 0 Å². The van der Waals surface area contributed by atoms with Crippen molar-refractivity contribution in [3.8, 4) is 11.1 Å². The number of benzene rings is 2. The van der Waals surface area contributed by atoms with Crippen LogP contribution in [0, 0.1) is 11.8 Å². The molecule has 0 radical (unpaired) electrons. The lowest BCUT2D eigenvalue weighted by atomic mass is 9.84. The molecule has 2 aliphatic heterocycles. The molecule has 1 saturated heterocycles. The fourth-order valence-electron chi connectivity index (χ4n) is 6.41. The Morgan fingerprint density at radius 1 is 0.976 bits per heavy atom. The van der Waals surface area contributed by atoms with Crippen molar-refractivity contribution in [2.45, 2.75) is 51.0 Å². The van der Waals surface area contributed by atoms with Gasteiger partial charge in [-0.3, -0.25) is 19.5 Å². The van der Waals surface area contributed by atoms with E-state index in [0.29, 0.717) is 33.4 Å². The molecule has 3 aliphatic rings. The number of aliphatic carboxylic acids is 1. The Bertz CT molecular complexity index is 1480. The van der Waals surface area contributed by atoms with E-state index >= 15 is 0 Å². The van der Waals surface area contributed by atoms with E-state index in [2.05, 4.69) is 27.3 Å². The summed E-state index contributed by atoms with van der Waals surface area (Å²) < 4.78 is 0. The molecule has 7 nitrogen and oxygen atoms in total. The molecule has 3 heterocycles. The van der Waals surface area contributed by atoms with Crippen LogP contribution in [-0.2, 0) is 15.0 Å². The molecule has 0 spiro atoms. The number of rotatable bonds is 6. The summed E-state index contributed by atoms with van der Waals surface area (Å²) in [5.41, 5.74) is 4.08. The van der Waals surface area contributed by atoms with Crippen LogP contribution in [0.2, 0.25) is 10.0 Å². The molecule has 1 aromatic heterocycles. The predicted octanol–water partition coefficient (Wildman–Crippen LogP) is 6.68. The van der Waals surface area contributed by atoms with Crippen molar-refractivity contribution >= 4 is 52.1 Å². The number of amides is 1. The Hall–Kier alpha value is -3.13. The van der Waals surface area contributed by atoms with E-state index < -0.39 is 11.4 Å². The maximum atomic E-state index is 14.1. The molecule has 0 bridgehead atoms. The first-order chi connectivity index (χ1) is 19.6. The second kappa shape index (κ2) is 10.9. The molecule has 3 aromatic rings. The molecule has 214 valence electrons. The smallest absolute Gasteiger partial charge is 0.306 e. The molecule has 2 N–H and O–H groups in total. The maximum absolute atomic E-state index is 14.1. The molecular weight excluding hydrogens is 559 g/mol. The predicted molar refractivity (Wildman–Crippen MR) is 163 cm³/mol. The van der Waals surface area contributed by atoms with Crippen LogP contribution >= 0.6 is 23.2 Å². The Morgan fingerprint density at radius 2 is 1.66 bits per heavy atom. The summed E-state index contributed by atoms with van der Waals surface area (Å²) in [6.45, 7) is 6.68. The number of hydrogen-bond acceptors (Lipinski definition) is 5. The van der Waals surface area contributed by atoms with E-state index in [4.69, 9.17) is 23.2 Å². The van der Waals surface area contributed by atoms with Gasteiger partial charge in [-0.05, 0) is 82.0 Å². The highest BCUT2D eigenvalue weighted by atomic mass is 35.5. The van der Waals surface area contributed by atoms with Crippen molar-refractivity contribution in [2.75, 3.05) is 29.4 Å². The average Bonchev–Trinajstić information content (AvgIpc) is 2.99. The monoisotopic (exact) mass is 592 g/mol. The van der Waals surface area contributed by atoms with Gasteiger partial charge in [-0.2, -0.15) is 0 Å². The number of anilines is 3. The van der Waals surface area contributed by atoms with Crippen molar-refractivity contribution in [2.24, 2.45) is 11.8 Å². The topological polar surface area (TPSA) is 85.8 Å². The van der Waals surface area contributed by atoms with Gasteiger partial charge in [-0.25, -0.2) is 0 Å². The number of carbonyl (C=O) groups excluding carboxylic acids is 1. The number of fused-ring (bicyclic) bond motifs is 3. The number of carboxylic acid groups (broad SMARTS) is 1. The summed E-state index contributed by atoms with van der Waals surface area (Å²) >= 11 is 12.8. The second-order valence-electron chi connectivity index (χ2n) is 12.1. The van der Waals surface area contributed by atoms with E-state index in [0.717, 1.165) is 67.8 Å². The van der Waals surface area contributed by atoms with Crippen LogP contribution in [0.15, 0.2) is 54.7 Å². The summed E-state index contributed by atoms with van der Waals surface area (Å²) in [6, 6.07) is 16.0. The number of nitrogens with one attached hydrogen (secondary N) is 1. The molecule has 6 rings (SSSR count). The SMILES string of the molecule is CC1(C)C(=O)N(c2ccc(N3CC(CNC4CCC(C(=O)O)CC4)C3)cc2)c2cc(Cl)ccc2-c2cc(Cl)cnc21. The van der Waals surface area contributed by atoms with Crippen LogP contribution in [0.3, 0.4) is 0 Å². The van der Waals surface area contributed by atoms with Gasteiger partial charge in [0.25, 0.3) is 0 Å². The molecule has 0 atom stereocenters. The van der Waals surface area contributed by atoms with Gasteiger partial charge in [0, 0.05) is 65.3 Å². The lowest BCUT2D eigenvalue weighted by molar-refractivity contribution is -0.142. The maximum Gasteiger partial charge on any atom is 0.306 e. The first-order valence-corrected chi connectivity index (χ1v) is 15.0. The van der Waals surface area contributed by atoms with E-state index in [-0.39, 0.29) is 11.8 Å². The number of pyridine rings is 1. The average molecular weight is 594 g/mol. The second-order valence-corrected chi connectivity index (χ2v) is 12.9. The molecule has 2 aromatic carbocycles. The van der Waals surface area contributed by atoms with Crippen molar-refractivity contribution in [3.63, 3.8) is 0 Å². The van der Waals surface area contributed by atoms with Gasteiger partial charge in [0.1, 0.15) is 0 Å². The van der Waals surface area contributed by atoms with Crippen LogP contribution in [-0.4, -0.2) is 47.6 Å². The Morgan fingerprint density at radius 3 is 2.34 bits per heavy atom. The van der Waals surface area contributed by atoms with Crippen molar-refractivity contribution in [1.82, 2.24) is 10.3 Å². The fourth-order valence-corrected chi connectivity index (χ4v) is 6.73. The third kappa shape index (κ3) is 5.31. The highest BCUT2D eigenvalue weighted by molar-refractivity contribution is 6.32. The highest BCUT2D eigenvalue weighted by Gasteiger charge is 2.42. The van der Waals surface area contributed by atoms with Crippen LogP contribution in [0.4, 0.5) is 17.1 Å². The summed E-state index contributed by atoms with van der Waals surface area (Å²) in [6.07, 6.45) is 4.99. The van der Waals surface area contributed by atoms with Crippen LogP contribution in [0.5, 0.6) is 0 Å². The number of nitrogens with zero attached hydrogens (tertiary/aromatic N) is 3. The molecule has 2 fully saturated rings. The zero-order valence-corrected chi connectivity index (χ0v) is 24.8. The largest absolute Gasteiger partial charge is 0.481 e. The summed E-state index contributed by atoms with van der Waals surface area (Å²) in [5.74, 6) is -0.364. The Labute approximate surface area is 250 Å². The molecule has 1 aliphatic carbocycles. The minimum Gasteiger partial charge on any atom is -0.481 e. The van der Waals surface area contributed by atoms with Gasteiger partial charge in [0.05, 0.1) is 27.7 Å². The summed E-state index contributed by atoms with van der Waals surface area (Å²) in [7, 11) is 0. The van der Waals surface area contributed by atoms with Crippen LogP contribution in [0.25, 0.3) is 11.1 Å². The Balaban J connectivity index is 1.17. The molecule has 1 amide bonds. The number of hydrogen-bond donors (Lipinski definition) is 2. The molecule has 1 saturated carbocycles. The lowest BCUT2D eigenvalue weighted by Crippen LogP contribution is -2.52. The van der Waals surface area contributed by atoms with Gasteiger partial charge in [-0.15, -0.1) is 0 Å². The van der Waals surface area contributed by atoms with Gasteiger partial charge < -0.3 is 15.3 Å². The standard InChI is InChI=1S/C32H34Cl2N4O3/c1-32(2)29-27(13-22(34)16-36-29)26-12-5-21(33)14-28(26)38(31(32)41)25-10-8-24(9-11-25)37-17-19(18-37)15-35-23-6-3-20(4-7-23)30(39)40/h5,8-14,16,19-20,23,35H,3-4,6-7,15,17-18H2,1-2H3,(H,39,40). The number of halogens is 2. The summed E-state index contributed by atoms with van der Waals surface area (Å²) in [5, 5.41) is 13.9. The van der Waals surface area contributed by atoms with E-state index in [9.17, 15) is 14.7 Å². The molecule has 41 heavy (non-hydrogen) atoms. The third-order valence-electron chi connectivity index (χ3n) is 8.88. The summed E-state index contributed by atoms with van der Waals surface area (Å²) in [4.78, 5) is 34.0. The third-order valence-corrected chi connectivity index (χ3v) is 9.32. The zero-order valence-electron chi connectivity index (χ0n) is 23.2. The van der Waals surface area contributed by atoms with Crippen molar-refractivity contribution in [3.05, 3.63) is 70.5 Å². The van der Waals surface area contributed by atoms with Gasteiger partial charge in [0.15, 0.2) is 0 Å². The van der Waals surface area contributed by atoms with Gasteiger partial charge in [0.2, 0.25) is 5.91 Å². The quantitative estimate of drug-likeness (QED) is 0.332. The van der Waals surface area contributed by atoms with Crippen molar-refractivity contribution in [1.29, 1.82) is 0 Å². The fraction of sp³-hybridized carbons (Fsp3) is 0.406. The number of carboxylic acids is 1. The van der Waals surface area contributed by atoms with E-state index in [1.807, 2.05) is 50.2 Å². The molecular formula is C32H34Cl2N4O3. The van der Waals surface area contributed by atoms with Gasteiger partial charge >= 0.3 is 5.97 Å². The highest BCUT2D eigenvalue weighted by Crippen LogP contribution is 2.47.